The largest absolute Gasteiger partial charge is 0.462 e. The number of carbonyl (C=O) groups is 1. The van der Waals surface area contributed by atoms with Gasteiger partial charge in [-0.3, -0.25) is 4.79 Å². The summed E-state index contributed by atoms with van der Waals surface area (Å²) in [5.74, 6) is 8.23. The summed E-state index contributed by atoms with van der Waals surface area (Å²) in [4.78, 5) is 11.5. The molecule has 5 rings (SSSR count). The zero-order chi connectivity index (χ0) is 22.6. The van der Waals surface area contributed by atoms with Gasteiger partial charge >= 0.3 is 5.97 Å². The van der Waals surface area contributed by atoms with Crippen molar-refractivity contribution in [3.05, 3.63) is 47.5 Å². The van der Waals surface area contributed by atoms with E-state index in [0.717, 1.165) is 56.9 Å². The van der Waals surface area contributed by atoms with Crippen LogP contribution in [0.5, 0.6) is 0 Å². The monoisotopic (exact) mass is 432 g/mol. The number of hydrogen-bond acceptors (Lipinski definition) is 3. The first-order valence-electron chi connectivity index (χ1n) is 12.4. The molecule has 0 saturated heterocycles. The highest BCUT2D eigenvalue weighted by atomic mass is 16.5. The molecule has 1 aromatic carbocycles. The van der Waals surface area contributed by atoms with Gasteiger partial charge in [-0.15, -0.1) is 0 Å². The Labute approximate surface area is 192 Å². The standard InChI is InChI=1S/C29H36O3/c1-20(30)32-23-12-15-27(2)22(19-23)9-10-24-25(27)13-16-28(3)26(24)14-18-29(28,31)17-11-21-7-5-4-6-8-21/h4-9,23-26,31H,10,12-16,18-19H2,1-3H3. The van der Waals surface area contributed by atoms with E-state index in [1.807, 2.05) is 30.3 Å². The molecule has 3 heteroatoms. The number of esters is 1. The molecule has 0 radical (unpaired) electrons. The van der Waals surface area contributed by atoms with Crippen LogP contribution in [0.25, 0.3) is 0 Å². The summed E-state index contributed by atoms with van der Waals surface area (Å²) in [6.45, 7) is 6.28. The number of ether oxygens (including phenoxy) is 1. The number of benzene rings is 1. The molecule has 0 spiro atoms. The summed E-state index contributed by atoms with van der Waals surface area (Å²) in [5.41, 5.74) is 1.64. The highest BCUT2D eigenvalue weighted by Crippen LogP contribution is 2.67. The summed E-state index contributed by atoms with van der Waals surface area (Å²) in [6, 6.07) is 10.0. The molecule has 0 amide bonds. The lowest BCUT2D eigenvalue weighted by Crippen LogP contribution is -2.54. The van der Waals surface area contributed by atoms with Gasteiger partial charge in [0.2, 0.25) is 0 Å². The van der Waals surface area contributed by atoms with E-state index < -0.39 is 5.60 Å². The third-order valence-corrected chi connectivity index (χ3v) is 9.73. The highest BCUT2D eigenvalue weighted by molar-refractivity contribution is 5.66. The van der Waals surface area contributed by atoms with Crippen molar-refractivity contribution in [1.29, 1.82) is 0 Å². The molecule has 0 heterocycles. The van der Waals surface area contributed by atoms with Gasteiger partial charge in [-0.1, -0.05) is 55.5 Å². The number of rotatable bonds is 1. The Bertz CT molecular complexity index is 985. The number of aliphatic hydroxyl groups is 1. The van der Waals surface area contributed by atoms with Crippen LogP contribution in [-0.4, -0.2) is 22.8 Å². The summed E-state index contributed by atoms with van der Waals surface area (Å²) in [5, 5.41) is 11.8. The molecule has 1 N–H and O–H groups in total. The van der Waals surface area contributed by atoms with Gasteiger partial charge in [-0.25, -0.2) is 0 Å². The molecule has 3 nitrogen and oxygen atoms in total. The van der Waals surface area contributed by atoms with E-state index in [1.54, 1.807) is 0 Å². The summed E-state index contributed by atoms with van der Waals surface area (Å²) < 4.78 is 5.57. The van der Waals surface area contributed by atoms with Gasteiger partial charge in [0.05, 0.1) is 0 Å². The van der Waals surface area contributed by atoms with Crippen molar-refractivity contribution in [2.75, 3.05) is 0 Å². The lowest BCUT2D eigenvalue weighted by molar-refractivity contribution is -0.149. The summed E-state index contributed by atoms with van der Waals surface area (Å²) in [7, 11) is 0. The average Bonchev–Trinajstić information content (AvgIpc) is 3.04. The highest BCUT2D eigenvalue weighted by Gasteiger charge is 2.63. The van der Waals surface area contributed by atoms with Crippen molar-refractivity contribution in [3.63, 3.8) is 0 Å². The van der Waals surface area contributed by atoms with Crippen molar-refractivity contribution in [1.82, 2.24) is 0 Å². The minimum absolute atomic E-state index is 0.0436. The number of fused-ring (bicyclic) bond motifs is 5. The Morgan fingerprint density at radius 3 is 2.56 bits per heavy atom. The van der Waals surface area contributed by atoms with Crippen LogP contribution in [0.3, 0.4) is 0 Å². The summed E-state index contributed by atoms with van der Waals surface area (Å²) in [6.07, 6.45) is 10.6. The first-order chi connectivity index (χ1) is 15.3. The SMILES string of the molecule is CC(=O)OC1CCC2(C)C(=CCC3C2CCC2(C)C3CCC2(O)C#Cc2ccccc2)C1. The minimum Gasteiger partial charge on any atom is -0.462 e. The fraction of sp³-hybridized carbons (Fsp3) is 0.621. The average molecular weight is 433 g/mol. The van der Waals surface area contributed by atoms with E-state index in [0.29, 0.717) is 17.8 Å². The fourth-order valence-electron chi connectivity index (χ4n) is 7.88. The fourth-order valence-corrected chi connectivity index (χ4v) is 7.88. The maximum absolute atomic E-state index is 11.8. The van der Waals surface area contributed by atoms with Gasteiger partial charge in [0, 0.05) is 24.3 Å². The topological polar surface area (TPSA) is 46.5 Å². The van der Waals surface area contributed by atoms with Crippen LogP contribution < -0.4 is 0 Å². The third kappa shape index (κ3) is 3.34. The van der Waals surface area contributed by atoms with E-state index in [4.69, 9.17) is 4.74 Å². The van der Waals surface area contributed by atoms with Crippen molar-refractivity contribution in [2.45, 2.75) is 83.8 Å². The van der Waals surface area contributed by atoms with Gasteiger partial charge in [-0.2, -0.15) is 0 Å². The third-order valence-electron chi connectivity index (χ3n) is 9.73. The van der Waals surface area contributed by atoms with Crippen LogP contribution in [0.4, 0.5) is 0 Å². The zero-order valence-corrected chi connectivity index (χ0v) is 19.7. The van der Waals surface area contributed by atoms with Crippen molar-refractivity contribution >= 4 is 5.97 Å². The Morgan fingerprint density at radius 1 is 1.06 bits per heavy atom. The second-order valence-corrected chi connectivity index (χ2v) is 11.2. The molecule has 7 unspecified atom stereocenters. The van der Waals surface area contributed by atoms with E-state index >= 15 is 0 Å². The predicted octanol–water partition coefficient (Wildman–Crippen LogP) is 5.66. The Hall–Kier alpha value is -2.05. The van der Waals surface area contributed by atoms with Crippen LogP contribution in [0.1, 0.15) is 77.7 Å². The van der Waals surface area contributed by atoms with Gasteiger partial charge < -0.3 is 9.84 Å². The molecule has 4 aliphatic carbocycles. The Morgan fingerprint density at radius 2 is 1.81 bits per heavy atom. The maximum atomic E-state index is 11.8. The molecular weight excluding hydrogens is 396 g/mol. The number of hydrogen-bond donors (Lipinski definition) is 1. The normalized spacial score (nSPS) is 42.4. The summed E-state index contributed by atoms with van der Waals surface area (Å²) >= 11 is 0. The van der Waals surface area contributed by atoms with Gasteiger partial charge in [0.15, 0.2) is 0 Å². The molecule has 170 valence electrons. The van der Waals surface area contributed by atoms with Crippen LogP contribution in [-0.2, 0) is 9.53 Å². The number of allylic oxidation sites excluding steroid dienone is 1. The molecule has 3 fully saturated rings. The smallest absolute Gasteiger partial charge is 0.302 e. The lowest BCUT2D eigenvalue weighted by atomic mass is 9.47. The van der Waals surface area contributed by atoms with Gasteiger partial charge in [0.1, 0.15) is 11.7 Å². The minimum atomic E-state index is -0.906. The zero-order valence-electron chi connectivity index (χ0n) is 19.7. The molecule has 0 aromatic heterocycles. The molecule has 4 aliphatic rings. The van der Waals surface area contributed by atoms with Crippen LogP contribution in [0.2, 0.25) is 0 Å². The van der Waals surface area contributed by atoms with Crippen LogP contribution >= 0.6 is 0 Å². The molecule has 0 bridgehead atoms. The number of carbonyl (C=O) groups excluding carboxylic acids is 1. The lowest BCUT2D eigenvalue weighted by Gasteiger charge is -2.58. The van der Waals surface area contributed by atoms with Gasteiger partial charge in [0.25, 0.3) is 0 Å². The van der Waals surface area contributed by atoms with E-state index in [9.17, 15) is 9.90 Å². The second-order valence-electron chi connectivity index (χ2n) is 11.2. The molecule has 1 aromatic rings. The second kappa shape index (κ2) is 7.77. The molecule has 0 aliphatic heterocycles. The van der Waals surface area contributed by atoms with Crippen molar-refractivity contribution in [3.8, 4) is 11.8 Å². The quantitative estimate of drug-likeness (QED) is 0.354. The van der Waals surface area contributed by atoms with E-state index in [2.05, 4.69) is 31.8 Å². The molecule has 3 saturated carbocycles. The maximum Gasteiger partial charge on any atom is 0.302 e. The Kier molecular flexibility index (Phi) is 5.29. The van der Waals surface area contributed by atoms with Gasteiger partial charge in [-0.05, 0) is 80.2 Å². The first kappa shape index (κ1) is 21.8. The van der Waals surface area contributed by atoms with E-state index in [-0.39, 0.29) is 22.9 Å². The molecule has 32 heavy (non-hydrogen) atoms. The van der Waals surface area contributed by atoms with Crippen molar-refractivity contribution in [2.24, 2.45) is 28.6 Å². The van der Waals surface area contributed by atoms with Crippen LogP contribution in [0, 0.1) is 40.4 Å². The first-order valence-corrected chi connectivity index (χ1v) is 12.4. The van der Waals surface area contributed by atoms with Crippen molar-refractivity contribution < 1.29 is 14.6 Å². The molecule has 7 atom stereocenters. The predicted molar refractivity (Wildman–Crippen MR) is 126 cm³/mol. The van der Waals surface area contributed by atoms with E-state index in [1.165, 1.54) is 12.5 Å². The Balaban J connectivity index is 1.40. The van der Waals surface area contributed by atoms with Crippen LogP contribution in [0.15, 0.2) is 42.0 Å². The molecular formula is C29H36O3.